The van der Waals surface area contributed by atoms with E-state index in [1.54, 1.807) is 7.11 Å². The van der Waals surface area contributed by atoms with Crippen molar-refractivity contribution in [2.75, 3.05) is 39.2 Å². The maximum absolute atomic E-state index is 5.35. The fourth-order valence-electron chi connectivity index (χ4n) is 1.44. The van der Waals surface area contributed by atoms with Crippen LogP contribution < -0.4 is 5.32 Å². The van der Waals surface area contributed by atoms with E-state index in [-0.39, 0.29) is 0 Å². The molecule has 1 atom stereocenters. The van der Waals surface area contributed by atoms with Gasteiger partial charge in [-0.3, -0.25) is 4.99 Å². The second kappa shape index (κ2) is 8.84. The van der Waals surface area contributed by atoms with Gasteiger partial charge < -0.3 is 14.8 Å². The number of hydrogen-bond donors (Lipinski definition) is 1. The average Bonchev–Trinajstić information content (AvgIpc) is 2.34. The van der Waals surface area contributed by atoms with Crippen molar-refractivity contribution in [3.8, 4) is 0 Å². The summed E-state index contributed by atoms with van der Waals surface area (Å²) in [6.07, 6.45) is 2.41. The van der Waals surface area contributed by atoms with Crippen LogP contribution in [0.2, 0.25) is 0 Å². The van der Waals surface area contributed by atoms with E-state index < -0.39 is 0 Å². The van der Waals surface area contributed by atoms with Gasteiger partial charge in [-0.15, -0.1) is 0 Å². The molecule has 4 nitrogen and oxygen atoms in total. The van der Waals surface area contributed by atoms with Crippen molar-refractivity contribution < 1.29 is 9.47 Å². The van der Waals surface area contributed by atoms with Crippen molar-refractivity contribution in [3.63, 3.8) is 0 Å². The molecule has 0 aromatic carbocycles. The van der Waals surface area contributed by atoms with Crippen LogP contribution in [0.4, 0.5) is 0 Å². The molecule has 0 spiro atoms. The Hall–Kier alpha value is -0.260. The van der Waals surface area contributed by atoms with Gasteiger partial charge in [0, 0.05) is 18.9 Å². The zero-order valence-electron chi connectivity index (χ0n) is 10.2. The van der Waals surface area contributed by atoms with E-state index in [4.69, 9.17) is 9.47 Å². The minimum absolute atomic E-state index is 0.606. The summed E-state index contributed by atoms with van der Waals surface area (Å²) < 4.78 is 10.2. The zero-order chi connectivity index (χ0) is 11.6. The molecule has 1 heterocycles. The van der Waals surface area contributed by atoms with Gasteiger partial charge in [-0.1, -0.05) is 18.7 Å². The fourth-order valence-corrected chi connectivity index (χ4v) is 2.47. The Morgan fingerprint density at radius 3 is 3.06 bits per heavy atom. The van der Waals surface area contributed by atoms with E-state index >= 15 is 0 Å². The number of thioether (sulfide) groups is 1. The highest BCUT2D eigenvalue weighted by Gasteiger charge is 2.14. The molecule has 1 N–H and O–H groups in total. The van der Waals surface area contributed by atoms with Gasteiger partial charge in [-0.2, -0.15) is 0 Å². The number of nitrogens with zero attached hydrogens (tertiary/aromatic N) is 1. The molecular formula is C11H22N2O2S. The molecule has 0 amide bonds. The third-order valence-electron chi connectivity index (χ3n) is 2.45. The van der Waals surface area contributed by atoms with Crippen LogP contribution in [-0.2, 0) is 9.47 Å². The maximum Gasteiger partial charge on any atom is 0.156 e. The molecule has 1 rings (SSSR count). The van der Waals surface area contributed by atoms with Gasteiger partial charge in [0.1, 0.15) is 0 Å². The minimum atomic E-state index is 0.606. The first-order valence-electron chi connectivity index (χ1n) is 5.87. The van der Waals surface area contributed by atoms with Crippen LogP contribution >= 0.6 is 11.8 Å². The normalized spacial score (nSPS) is 23.4. The molecule has 1 aliphatic heterocycles. The Morgan fingerprint density at radius 1 is 1.44 bits per heavy atom. The second-order valence-electron chi connectivity index (χ2n) is 3.68. The molecule has 0 aromatic rings. The number of aliphatic imine (C=N–C) groups is 1. The molecule has 16 heavy (non-hydrogen) atoms. The van der Waals surface area contributed by atoms with Crippen molar-refractivity contribution >= 4 is 16.9 Å². The molecule has 0 aromatic heterocycles. The lowest BCUT2D eigenvalue weighted by Gasteiger charge is -2.24. The summed E-state index contributed by atoms with van der Waals surface area (Å²) in [4.78, 5) is 4.48. The Labute approximate surface area is 102 Å². The first kappa shape index (κ1) is 13.8. The van der Waals surface area contributed by atoms with Gasteiger partial charge in [0.15, 0.2) is 5.17 Å². The van der Waals surface area contributed by atoms with Crippen molar-refractivity contribution in [2.24, 2.45) is 4.99 Å². The SMILES string of the molecule is CCC1CCSC(=NCCOCCOC)N1. The van der Waals surface area contributed by atoms with Crippen molar-refractivity contribution in [2.45, 2.75) is 25.8 Å². The Morgan fingerprint density at radius 2 is 2.31 bits per heavy atom. The van der Waals surface area contributed by atoms with Gasteiger partial charge in [0.25, 0.3) is 0 Å². The molecular weight excluding hydrogens is 224 g/mol. The van der Waals surface area contributed by atoms with Crippen LogP contribution in [0.3, 0.4) is 0 Å². The van der Waals surface area contributed by atoms with Crippen molar-refractivity contribution in [1.82, 2.24) is 5.32 Å². The van der Waals surface area contributed by atoms with E-state index in [2.05, 4.69) is 17.2 Å². The molecule has 1 aliphatic rings. The number of rotatable bonds is 7. The van der Waals surface area contributed by atoms with E-state index in [0.29, 0.717) is 25.9 Å². The number of ether oxygens (including phenoxy) is 2. The highest BCUT2D eigenvalue weighted by Crippen LogP contribution is 2.15. The molecule has 1 fully saturated rings. The van der Waals surface area contributed by atoms with Crippen LogP contribution in [0.15, 0.2) is 4.99 Å². The molecule has 0 aliphatic carbocycles. The number of nitrogens with one attached hydrogen (secondary N) is 1. The molecule has 94 valence electrons. The maximum atomic E-state index is 5.35. The quantitative estimate of drug-likeness (QED) is 0.692. The van der Waals surface area contributed by atoms with Crippen molar-refractivity contribution in [3.05, 3.63) is 0 Å². The van der Waals surface area contributed by atoms with Gasteiger partial charge >= 0.3 is 0 Å². The first-order valence-corrected chi connectivity index (χ1v) is 6.85. The van der Waals surface area contributed by atoms with Crippen LogP contribution in [-0.4, -0.2) is 50.4 Å². The van der Waals surface area contributed by atoms with Crippen molar-refractivity contribution in [1.29, 1.82) is 0 Å². The van der Waals surface area contributed by atoms with Gasteiger partial charge in [-0.25, -0.2) is 0 Å². The standard InChI is InChI=1S/C11H22N2O2S/c1-3-10-4-9-16-11(13-10)12-5-6-15-8-7-14-2/h10H,3-9H2,1-2H3,(H,12,13). The monoisotopic (exact) mass is 246 g/mol. The molecule has 0 radical (unpaired) electrons. The summed E-state index contributed by atoms with van der Waals surface area (Å²) in [5.74, 6) is 1.18. The van der Waals surface area contributed by atoms with E-state index in [0.717, 1.165) is 11.7 Å². The Balaban J connectivity index is 2.08. The van der Waals surface area contributed by atoms with E-state index in [9.17, 15) is 0 Å². The molecule has 5 heteroatoms. The van der Waals surface area contributed by atoms with E-state index in [1.807, 2.05) is 11.8 Å². The summed E-state index contributed by atoms with van der Waals surface area (Å²) >= 11 is 1.81. The lowest BCUT2D eigenvalue weighted by Crippen LogP contribution is -2.37. The zero-order valence-corrected chi connectivity index (χ0v) is 11.0. The molecule has 1 saturated heterocycles. The third kappa shape index (κ3) is 5.72. The molecule has 1 unspecified atom stereocenters. The largest absolute Gasteiger partial charge is 0.382 e. The minimum Gasteiger partial charge on any atom is -0.382 e. The van der Waals surface area contributed by atoms with Crippen LogP contribution in [0.25, 0.3) is 0 Å². The predicted octanol–water partition coefficient (Wildman–Crippen LogP) is 1.51. The second-order valence-corrected chi connectivity index (χ2v) is 4.76. The summed E-state index contributed by atoms with van der Waals surface area (Å²) in [5, 5.41) is 4.52. The predicted molar refractivity (Wildman–Crippen MR) is 69.3 cm³/mol. The Kier molecular flexibility index (Phi) is 7.63. The lowest BCUT2D eigenvalue weighted by molar-refractivity contribution is 0.0748. The molecule has 0 saturated carbocycles. The summed E-state index contributed by atoms with van der Waals surface area (Å²) in [6, 6.07) is 0.606. The highest BCUT2D eigenvalue weighted by molar-refractivity contribution is 8.13. The average molecular weight is 246 g/mol. The summed E-state index contributed by atoms with van der Waals surface area (Å²) in [7, 11) is 1.68. The van der Waals surface area contributed by atoms with Crippen LogP contribution in [0, 0.1) is 0 Å². The van der Waals surface area contributed by atoms with E-state index in [1.165, 1.54) is 18.6 Å². The summed E-state index contributed by atoms with van der Waals surface area (Å²) in [5.41, 5.74) is 0. The highest BCUT2D eigenvalue weighted by atomic mass is 32.2. The van der Waals surface area contributed by atoms with Crippen LogP contribution in [0.5, 0.6) is 0 Å². The van der Waals surface area contributed by atoms with Gasteiger partial charge in [0.05, 0.1) is 26.4 Å². The first-order chi connectivity index (χ1) is 7.86. The van der Waals surface area contributed by atoms with Crippen LogP contribution in [0.1, 0.15) is 19.8 Å². The van der Waals surface area contributed by atoms with Gasteiger partial charge in [0.2, 0.25) is 0 Å². The number of methoxy groups -OCH3 is 1. The summed E-state index contributed by atoms with van der Waals surface area (Å²) in [6.45, 7) is 4.92. The fraction of sp³-hybridized carbons (Fsp3) is 0.909. The molecule has 0 bridgehead atoms. The Bertz CT molecular complexity index is 212. The van der Waals surface area contributed by atoms with Gasteiger partial charge in [-0.05, 0) is 12.8 Å². The smallest absolute Gasteiger partial charge is 0.156 e. The third-order valence-corrected chi connectivity index (χ3v) is 3.41. The topological polar surface area (TPSA) is 42.9 Å². The number of hydrogen-bond acceptors (Lipinski definition) is 4. The number of amidine groups is 1. The lowest BCUT2D eigenvalue weighted by atomic mass is 10.2.